The van der Waals surface area contributed by atoms with Crippen molar-refractivity contribution in [1.82, 2.24) is 9.62 Å². The van der Waals surface area contributed by atoms with Gasteiger partial charge in [0, 0.05) is 19.5 Å². The van der Waals surface area contributed by atoms with Crippen LogP contribution in [0.3, 0.4) is 0 Å². The average molecular weight is 417 g/mol. The molecule has 1 unspecified atom stereocenters. The molecule has 1 N–H and O–H groups in total. The van der Waals surface area contributed by atoms with E-state index >= 15 is 0 Å². The fraction of sp³-hybridized carbons (Fsp3) is 0.435. The van der Waals surface area contributed by atoms with Gasteiger partial charge in [-0.2, -0.15) is 4.31 Å². The van der Waals surface area contributed by atoms with Gasteiger partial charge >= 0.3 is 0 Å². The molecule has 2 aromatic carbocycles. The fourth-order valence-electron chi connectivity index (χ4n) is 3.24. The van der Waals surface area contributed by atoms with Crippen LogP contribution >= 0.6 is 0 Å². The monoisotopic (exact) mass is 416 g/mol. The van der Waals surface area contributed by atoms with Gasteiger partial charge in [0.1, 0.15) is 0 Å². The summed E-state index contributed by atoms with van der Waals surface area (Å²) in [6.07, 6.45) is 1.93. The summed E-state index contributed by atoms with van der Waals surface area (Å²) in [4.78, 5) is 12.6. The largest absolute Gasteiger partial charge is 0.350 e. The molecule has 0 saturated carbocycles. The minimum atomic E-state index is -3.45. The van der Waals surface area contributed by atoms with Crippen molar-refractivity contribution in [3.05, 3.63) is 65.2 Å². The van der Waals surface area contributed by atoms with E-state index in [2.05, 4.69) is 36.5 Å². The van der Waals surface area contributed by atoms with Crippen molar-refractivity contribution in [1.29, 1.82) is 0 Å². The molecule has 0 fully saturated rings. The number of amides is 1. The van der Waals surface area contributed by atoms with Crippen molar-refractivity contribution in [3.8, 4) is 0 Å². The van der Waals surface area contributed by atoms with Gasteiger partial charge in [-0.15, -0.1) is 0 Å². The lowest BCUT2D eigenvalue weighted by molar-refractivity contribution is -0.121. The van der Waals surface area contributed by atoms with E-state index in [9.17, 15) is 13.2 Å². The summed E-state index contributed by atoms with van der Waals surface area (Å²) in [6.45, 7) is 8.64. The molecular weight excluding hydrogens is 384 g/mol. The number of nitrogens with zero attached hydrogens (tertiary/aromatic N) is 1. The maximum atomic E-state index is 12.5. The number of nitrogens with one attached hydrogen (secondary N) is 1. The summed E-state index contributed by atoms with van der Waals surface area (Å²) in [6, 6.07) is 15.1. The minimum absolute atomic E-state index is 0.0168. The molecule has 2 rings (SSSR count). The van der Waals surface area contributed by atoms with Gasteiger partial charge in [-0.05, 0) is 48.6 Å². The molecule has 158 valence electrons. The molecule has 0 aliphatic heterocycles. The van der Waals surface area contributed by atoms with Crippen molar-refractivity contribution in [2.24, 2.45) is 0 Å². The van der Waals surface area contributed by atoms with E-state index in [0.717, 1.165) is 17.5 Å². The Bertz CT molecular complexity index is 887. The lowest BCUT2D eigenvalue weighted by Gasteiger charge is -2.18. The summed E-state index contributed by atoms with van der Waals surface area (Å²) < 4.78 is 26.5. The minimum Gasteiger partial charge on any atom is -0.350 e. The van der Waals surface area contributed by atoms with E-state index in [0.29, 0.717) is 30.8 Å². The number of sulfonamides is 1. The third-order valence-electron chi connectivity index (χ3n) is 5.17. The Balaban J connectivity index is 1.91. The van der Waals surface area contributed by atoms with E-state index < -0.39 is 10.0 Å². The molecule has 5 nitrogen and oxygen atoms in total. The SMILES string of the molecule is CCc1ccc(C(C)NC(=O)CCc2ccc(S(=O)(=O)N(CC)CC)cc2)cc1. The summed E-state index contributed by atoms with van der Waals surface area (Å²) in [5.41, 5.74) is 3.30. The molecule has 0 aromatic heterocycles. The van der Waals surface area contributed by atoms with Crippen LogP contribution in [-0.4, -0.2) is 31.7 Å². The van der Waals surface area contributed by atoms with Crippen LogP contribution in [0, 0.1) is 0 Å². The van der Waals surface area contributed by atoms with E-state index in [1.165, 1.54) is 9.87 Å². The predicted octanol–water partition coefficient (Wildman–Crippen LogP) is 4.09. The zero-order chi connectivity index (χ0) is 21.4. The number of hydrogen-bond donors (Lipinski definition) is 1. The van der Waals surface area contributed by atoms with Crippen LogP contribution in [0.5, 0.6) is 0 Å². The summed E-state index contributed by atoms with van der Waals surface area (Å²) in [5.74, 6) is -0.0168. The Morgan fingerprint density at radius 3 is 2.00 bits per heavy atom. The normalized spacial score (nSPS) is 12.7. The van der Waals surface area contributed by atoms with Crippen molar-refractivity contribution in [2.75, 3.05) is 13.1 Å². The highest BCUT2D eigenvalue weighted by Crippen LogP contribution is 2.17. The van der Waals surface area contributed by atoms with Gasteiger partial charge in [-0.1, -0.05) is 57.2 Å². The van der Waals surface area contributed by atoms with Crippen LogP contribution in [0.1, 0.15) is 56.8 Å². The number of hydrogen-bond acceptors (Lipinski definition) is 3. The van der Waals surface area contributed by atoms with Crippen LogP contribution in [-0.2, 0) is 27.7 Å². The van der Waals surface area contributed by atoms with E-state index in [4.69, 9.17) is 0 Å². The summed E-state index contributed by atoms with van der Waals surface area (Å²) >= 11 is 0. The molecule has 1 amide bonds. The standard InChI is InChI=1S/C23H32N2O3S/c1-5-19-8-13-21(14-9-19)18(4)24-23(26)17-12-20-10-15-22(16-11-20)29(27,28)25(6-2)7-3/h8-11,13-16,18H,5-7,12,17H2,1-4H3,(H,24,26). The first-order valence-corrected chi connectivity index (χ1v) is 11.7. The van der Waals surface area contributed by atoms with E-state index in [-0.39, 0.29) is 11.9 Å². The lowest BCUT2D eigenvalue weighted by atomic mass is 10.0. The highest BCUT2D eigenvalue weighted by molar-refractivity contribution is 7.89. The van der Waals surface area contributed by atoms with Gasteiger partial charge in [0.25, 0.3) is 0 Å². The maximum Gasteiger partial charge on any atom is 0.243 e. The number of carbonyl (C=O) groups excluding carboxylic acids is 1. The Morgan fingerprint density at radius 1 is 0.931 bits per heavy atom. The number of rotatable bonds is 10. The second-order valence-corrected chi connectivity index (χ2v) is 9.06. The first-order valence-electron chi connectivity index (χ1n) is 10.3. The second-order valence-electron chi connectivity index (χ2n) is 7.12. The Hall–Kier alpha value is -2.18. The first-order chi connectivity index (χ1) is 13.8. The maximum absolute atomic E-state index is 12.5. The van der Waals surface area contributed by atoms with Gasteiger partial charge in [-0.3, -0.25) is 4.79 Å². The average Bonchev–Trinajstić information content (AvgIpc) is 2.73. The predicted molar refractivity (Wildman–Crippen MR) is 117 cm³/mol. The molecule has 0 heterocycles. The van der Waals surface area contributed by atoms with Gasteiger partial charge in [0.15, 0.2) is 0 Å². The fourth-order valence-corrected chi connectivity index (χ4v) is 4.70. The second kappa shape index (κ2) is 10.6. The molecule has 29 heavy (non-hydrogen) atoms. The van der Waals surface area contributed by atoms with Gasteiger partial charge in [0.2, 0.25) is 15.9 Å². The van der Waals surface area contributed by atoms with Crippen molar-refractivity contribution in [2.45, 2.75) is 57.9 Å². The first kappa shape index (κ1) is 23.1. The van der Waals surface area contributed by atoms with Crippen molar-refractivity contribution in [3.63, 3.8) is 0 Å². The lowest BCUT2D eigenvalue weighted by Crippen LogP contribution is -2.30. The number of aryl methyl sites for hydroxylation is 2. The zero-order valence-corrected chi connectivity index (χ0v) is 18.6. The highest BCUT2D eigenvalue weighted by atomic mass is 32.2. The third-order valence-corrected chi connectivity index (χ3v) is 7.24. The number of carbonyl (C=O) groups is 1. The molecule has 0 bridgehead atoms. The molecule has 0 aliphatic rings. The molecule has 0 spiro atoms. The Kier molecular flexibility index (Phi) is 8.41. The Labute approximate surface area is 175 Å². The van der Waals surface area contributed by atoms with Crippen LogP contribution in [0.2, 0.25) is 0 Å². The molecule has 0 aliphatic carbocycles. The van der Waals surface area contributed by atoms with Crippen LogP contribution in [0.4, 0.5) is 0 Å². The van der Waals surface area contributed by atoms with Gasteiger partial charge < -0.3 is 5.32 Å². The van der Waals surface area contributed by atoms with Gasteiger partial charge in [0.05, 0.1) is 10.9 Å². The zero-order valence-electron chi connectivity index (χ0n) is 17.8. The summed E-state index contributed by atoms with van der Waals surface area (Å²) in [7, 11) is -3.45. The van der Waals surface area contributed by atoms with E-state index in [1.54, 1.807) is 24.3 Å². The van der Waals surface area contributed by atoms with Crippen molar-refractivity contribution >= 4 is 15.9 Å². The number of benzene rings is 2. The highest BCUT2D eigenvalue weighted by Gasteiger charge is 2.21. The van der Waals surface area contributed by atoms with Crippen molar-refractivity contribution < 1.29 is 13.2 Å². The van der Waals surface area contributed by atoms with Crippen LogP contribution in [0.25, 0.3) is 0 Å². The summed E-state index contributed by atoms with van der Waals surface area (Å²) in [5, 5.41) is 3.03. The molecule has 1 atom stereocenters. The van der Waals surface area contributed by atoms with Gasteiger partial charge in [-0.25, -0.2) is 8.42 Å². The third kappa shape index (κ3) is 6.15. The van der Waals surface area contributed by atoms with Crippen LogP contribution < -0.4 is 5.32 Å². The molecule has 2 aromatic rings. The van der Waals surface area contributed by atoms with Crippen LogP contribution in [0.15, 0.2) is 53.4 Å². The molecular formula is C23H32N2O3S. The van der Waals surface area contributed by atoms with E-state index in [1.807, 2.05) is 20.8 Å². The molecule has 0 radical (unpaired) electrons. The molecule has 6 heteroatoms. The molecule has 0 saturated heterocycles. The smallest absolute Gasteiger partial charge is 0.243 e. The Morgan fingerprint density at radius 2 is 1.48 bits per heavy atom. The quantitative estimate of drug-likeness (QED) is 0.634. The topological polar surface area (TPSA) is 66.5 Å².